The van der Waals surface area contributed by atoms with Gasteiger partial charge in [-0.3, -0.25) is 0 Å². The van der Waals surface area contributed by atoms with Gasteiger partial charge >= 0.3 is 0 Å². The summed E-state index contributed by atoms with van der Waals surface area (Å²) in [6.07, 6.45) is 6.46. The largest absolute Gasteiger partial charge is 0.384 e. The predicted octanol–water partition coefficient (Wildman–Crippen LogP) is 3.55. The highest BCUT2D eigenvalue weighted by Crippen LogP contribution is 2.34. The van der Waals surface area contributed by atoms with Gasteiger partial charge in [0.25, 0.3) is 0 Å². The average Bonchev–Trinajstić information content (AvgIpc) is 2.52. The molecule has 0 aromatic carbocycles. The minimum atomic E-state index is 0.521. The molecule has 1 aromatic rings. The molecule has 0 saturated heterocycles. The van der Waals surface area contributed by atoms with Crippen LogP contribution in [-0.4, -0.2) is 9.78 Å². The van der Waals surface area contributed by atoms with Gasteiger partial charge in [0.2, 0.25) is 0 Å². The van der Waals surface area contributed by atoms with Gasteiger partial charge in [-0.15, -0.1) is 0 Å². The van der Waals surface area contributed by atoms with Crippen LogP contribution < -0.4 is 5.73 Å². The molecular formula is C14H25N3. The van der Waals surface area contributed by atoms with Crippen LogP contribution in [-0.2, 0) is 0 Å². The van der Waals surface area contributed by atoms with Crippen molar-refractivity contribution in [1.82, 2.24) is 9.78 Å². The SMILES string of the molecule is Cc1cc(N)n(C2CCCC(C(C)C)CC2)n1. The molecule has 2 rings (SSSR count). The Balaban J connectivity index is 2.06. The Hall–Kier alpha value is -0.990. The van der Waals surface area contributed by atoms with Gasteiger partial charge in [0, 0.05) is 6.07 Å². The van der Waals surface area contributed by atoms with Crippen LogP contribution in [0.3, 0.4) is 0 Å². The summed E-state index contributed by atoms with van der Waals surface area (Å²) in [4.78, 5) is 0. The van der Waals surface area contributed by atoms with Crippen LogP contribution in [0.2, 0.25) is 0 Å². The average molecular weight is 235 g/mol. The molecule has 0 spiro atoms. The van der Waals surface area contributed by atoms with Crippen molar-refractivity contribution in [3.8, 4) is 0 Å². The zero-order valence-corrected chi connectivity index (χ0v) is 11.3. The Morgan fingerprint density at radius 3 is 2.65 bits per heavy atom. The van der Waals surface area contributed by atoms with Crippen LogP contribution in [0, 0.1) is 18.8 Å². The molecule has 1 fully saturated rings. The smallest absolute Gasteiger partial charge is 0.122 e. The zero-order valence-electron chi connectivity index (χ0n) is 11.3. The first-order chi connectivity index (χ1) is 8.08. The topological polar surface area (TPSA) is 43.8 Å². The van der Waals surface area contributed by atoms with Gasteiger partial charge in [-0.25, -0.2) is 4.68 Å². The number of aromatic nitrogens is 2. The van der Waals surface area contributed by atoms with Crippen molar-refractivity contribution in [1.29, 1.82) is 0 Å². The molecule has 1 heterocycles. The maximum atomic E-state index is 6.02. The normalized spacial score (nSPS) is 26.1. The predicted molar refractivity (Wildman–Crippen MR) is 71.8 cm³/mol. The van der Waals surface area contributed by atoms with E-state index in [1.165, 1.54) is 32.1 Å². The Morgan fingerprint density at radius 1 is 1.29 bits per heavy atom. The summed E-state index contributed by atoms with van der Waals surface area (Å²) in [6.45, 7) is 6.70. The molecule has 2 atom stereocenters. The van der Waals surface area contributed by atoms with E-state index >= 15 is 0 Å². The van der Waals surface area contributed by atoms with Gasteiger partial charge in [-0.1, -0.05) is 26.7 Å². The molecule has 1 saturated carbocycles. The molecule has 96 valence electrons. The highest BCUT2D eigenvalue weighted by atomic mass is 15.3. The number of anilines is 1. The maximum absolute atomic E-state index is 6.02. The summed E-state index contributed by atoms with van der Waals surface area (Å²) in [6, 6.07) is 2.50. The molecule has 2 unspecified atom stereocenters. The van der Waals surface area contributed by atoms with Crippen molar-refractivity contribution < 1.29 is 0 Å². The van der Waals surface area contributed by atoms with Gasteiger partial charge in [0.15, 0.2) is 0 Å². The lowest BCUT2D eigenvalue weighted by atomic mass is 9.89. The number of nitrogens with two attached hydrogens (primary N) is 1. The van der Waals surface area contributed by atoms with Crippen molar-refractivity contribution in [2.24, 2.45) is 11.8 Å². The quantitative estimate of drug-likeness (QED) is 0.797. The highest BCUT2D eigenvalue weighted by molar-refractivity contribution is 5.30. The van der Waals surface area contributed by atoms with Crippen LogP contribution in [0.1, 0.15) is 57.7 Å². The molecule has 0 radical (unpaired) electrons. The first kappa shape index (κ1) is 12.5. The number of hydrogen-bond acceptors (Lipinski definition) is 2. The molecule has 0 bridgehead atoms. The summed E-state index contributed by atoms with van der Waals surface area (Å²) < 4.78 is 2.05. The van der Waals surface area contributed by atoms with Crippen LogP contribution >= 0.6 is 0 Å². The van der Waals surface area contributed by atoms with E-state index in [1.807, 2.05) is 13.0 Å². The van der Waals surface area contributed by atoms with Crippen molar-refractivity contribution in [3.63, 3.8) is 0 Å². The van der Waals surface area contributed by atoms with E-state index in [0.29, 0.717) is 6.04 Å². The van der Waals surface area contributed by atoms with E-state index in [4.69, 9.17) is 5.73 Å². The Bertz CT molecular complexity index is 368. The monoisotopic (exact) mass is 235 g/mol. The minimum Gasteiger partial charge on any atom is -0.384 e. The number of aryl methyl sites for hydroxylation is 1. The van der Waals surface area contributed by atoms with Crippen LogP contribution in [0.15, 0.2) is 6.07 Å². The number of nitrogen functional groups attached to an aromatic ring is 1. The fourth-order valence-electron chi connectivity index (χ4n) is 3.05. The van der Waals surface area contributed by atoms with Crippen LogP contribution in [0.5, 0.6) is 0 Å². The minimum absolute atomic E-state index is 0.521. The van der Waals surface area contributed by atoms with Crippen LogP contribution in [0.4, 0.5) is 5.82 Å². The summed E-state index contributed by atoms with van der Waals surface area (Å²) in [5.74, 6) is 2.53. The summed E-state index contributed by atoms with van der Waals surface area (Å²) in [7, 11) is 0. The lowest BCUT2D eigenvalue weighted by Crippen LogP contribution is -2.13. The molecule has 1 aliphatic carbocycles. The third-order valence-electron chi connectivity index (χ3n) is 4.16. The number of nitrogens with zero attached hydrogens (tertiary/aromatic N) is 2. The van der Waals surface area contributed by atoms with Gasteiger partial charge in [-0.05, 0) is 38.0 Å². The summed E-state index contributed by atoms with van der Waals surface area (Å²) in [5, 5.41) is 4.54. The Labute approximate surface area is 104 Å². The van der Waals surface area contributed by atoms with E-state index in [0.717, 1.165) is 23.3 Å². The van der Waals surface area contributed by atoms with Gasteiger partial charge in [0.1, 0.15) is 5.82 Å². The first-order valence-corrected chi connectivity index (χ1v) is 6.89. The van der Waals surface area contributed by atoms with Crippen molar-refractivity contribution in [3.05, 3.63) is 11.8 Å². The summed E-state index contributed by atoms with van der Waals surface area (Å²) in [5.41, 5.74) is 7.05. The first-order valence-electron chi connectivity index (χ1n) is 6.89. The number of rotatable bonds is 2. The molecule has 3 nitrogen and oxygen atoms in total. The Morgan fingerprint density at radius 2 is 2.06 bits per heavy atom. The highest BCUT2D eigenvalue weighted by Gasteiger charge is 2.23. The fraction of sp³-hybridized carbons (Fsp3) is 0.786. The molecule has 2 N–H and O–H groups in total. The zero-order chi connectivity index (χ0) is 12.4. The second kappa shape index (κ2) is 5.11. The van der Waals surface area contributed by atoms with E-state index in [-0.39, 0.29) is 0 Å². The molecule has 0 aliphatic heterocycles. The third kappa shape index (κ3) is 2.82. The standard InChI is InChI=1S/C14H25N3/c1-10(2)12-5-4-6-13(8-7-12)17-14(15)9-11(3)16-17/h9-10,12-13H,4-8,15H2,1-3H3. The maximum Gasteiger partial charge on any atom is 0.122 e. The van der Waals surface area contributed by atoms with Gasteiger partial charge in [0.05, 0.1) is 11.7 Å². The fourth-order valence-corrected chi connectivity index (χ4v) is 3.05. The number of hydrogen-bond donors (Lipinski definition) is 1. The van der Waals surface area contributed by atoms with Crippen LogP contribution in [0.25, 0.3) is 0 Å². The van der Waals surface area contributed by atoms with E-state index in [9.17, 15) is 0 Å². The van der Waals surface area contributed by atoms with Gasteiger partial charge in [-0.2, -0.15) is 5.10 Å². The molecule has 3 heteroatoms. The Kier molecular flexibility index (Phi) is 3.75. The molecule has 1 aromatic heterocycles. The van der Waals surface area contributed by atoms with Crippen molar-refractivity contribution in [2.75, 3.05) is 5.73 Å². The molecular weight excluding hydrogens is 210 g/mol. The lowest BCUT2D eigenvalue weighted by molar-refractivity contribution is 0.332. The lowest BCUT2D eigenvalue weighted by Gasteiger charge is -2.19. The molecule has 1 aliphatic rings. The second-order valence-corrected chi connectivity index (χ2v) is 5.82. The van der Waals surface area contributed by atoms with E-state index in [1.54, 1.807) is 0 Å². The van der Waals surface area contributed by atoms with Gasteiger partial charge < -0.3 is 5.73 Å². The summed E-state index contributed by atoms with van der Waals surface area (Å²) >= 11 is 0. The second-order valence-electron chi connectivity index (χ2n) is 5.82. The molecule has 17 heavy (non-hydrogen) atoms. The van der Waals surface area contributed by atoms with E-state index < -0.39 is 0 Å². The third-order valence-corrected chi connectivity index (χ3v) is 4.16. The van der Waals surface area contributed by atoms with Crippen molar-refractivity contribution >= 4 is 5.82 Å². The van der Waals surface area contributed by atoms with E-state index in [2.05, 4.69) is 23.6 Å². The van der Waals surface area contributed by atoms with Crippen molar-refractivity contribution in [2.45, 2.75) is 58.9 Å². The molecule has 0 amide bonds.